The van der Waals surface area contributed by atoms with Crippen LogP contribution in [-0.2, 0) is 5.41 Å². The molecule has 2 rings (SSSR count). The molecule has 0 unspecified atom stereocenters. The number of benzene rings is 2. The van der Waals surface area contributed by atoms with E-state index in [1.807, 2.05) is 30.3 Å². The van der Waals surface area contributed by atoms with Crippen molar-refractivity contribution in [1.29, 1.82) is 5.41 Å². The fourth-order valence-corrected chi connectivity index (χ4v) is 2.14. The van der Waals surface area contributed by atoms with Gasteiger partial charge in [-0.15, -0.1) is 0 Å². The lowest BCUT2D eigenvalue weighted by Crippen LogP contribution is -2.13. The van der Waals surface area contributed by atoms with E-state index < -0.39 is 0 Å². The van der Waals surface area contributed by atoms with Crippen molar-refractivity contribution in [3.63, 3.8) is 0 Å². The first-order valence-electron chi connectivity index (χ1n) is 7.12. The first-order valence-corrected chi connectivity index (χ1v) is 7.12. The molecule has 4 heteroatoms. The lowest BCUT2D eigenvalue weighted by Gasteiger charge is -2.23. The maximum Gasteiger partial charge on any atom is 0.131 e. The number of rotatable bonds is 4. The minimum Gasteiger partial charge on any atom is -0.497 e. The molecule has 0 fully saturated rings. The first-order chi connectivity index (χ1) is 10.3. The number of amidine groups is 1. The van der Waals surface area contributed by atoms with Gasteiger partial charge in [0.15, 0.2) is 0 Å². The van der Waals surface area contributed by atoms with Gasteiger partial charge in [0.05, 0.1) is 7.11 Å². The lowest BCUT2D eigenvalue weighted by atomic mass is 9.86. The molecule has 22 heavy (non-hydrogen) atoms. The molecular formula is C18H22N2O2. The highest BCUT2D eigenvalue weighted by Gasteiger charge is 2.20. The molecule has 0 atom stereocenters. The van der Waals surface area contributed by atoms with E-state index in [1.165, 1.54) is 0 Å². The Morgan fingerprint density at radius 3 is 2.09 bits per heavy atom. The second kappa shape index (κ2) is 6.10. The van der Waals surface area contributed by atoms with Crippen molar-refractivity contribution < 1.29 is 9.47 Å². The minimum absolute atomic E-state index is 0.0476. The second-order valence-electron chi connectivity index (χ2n) is 6.15. The van der Waals surface area contributed by atoms with Gasteiger partial charge in [-0.2, -0.15) is 0 Å². The Balaban J connectivity index is 2.34. The van der Waals surface area contributed by atoms with Gasteiger partial charge in [-0.25, -0.2) is 0 Å². The number of ether oxygens (including phenoxy) is 2. The zero-order chi connectivity index (χ0) is 16.3. The summed E-state index contributed by atoms with van der Waals surface area (Å²) in [4.78, 5) is 0. The average molecular weight is 298 g/mol. The standard InChI is InChI=1S/C18H22N2O2/c1-18(2,3)15-11-14(21-4)9-10-16(15)22-13-7-5-12(6-8-13)17(19)20/h5-11H,1-4H3,(H3,19,20). The molecule has 0 aliphatic carbocycles. The molecule has 0 amide bonds. The molecule has 0 spiro atoms. The van der Waals surface area contributed by atoms with E-state index >= 15 is 0 Å². The zero-order valence-corrected chi connectivity index (χ0v) is 13.4. The van der Waals surface area contributed by atoms with Crippen molar-refractivity contribution in [2.24, 2.45) is 5.73 Å². The van der Waals surface area contributed by atoms with E-state index in [2.05, 4.69) is 20.8 Å². The summed E-state index contributed by atoms with van der Waals surface area (Å²) in [6.07, 6.45) is 0. The molecule has 0 bridgehead atoms. The fourth-order valence-electron chi connectivity index (χ4n) is 2.14. The Hall–Kier alpha value is -2.49. The predicted octanol–water partition coefficient (Wildman–Crippen LogP) is 4.07. The van der Waals surface area contributed by atoms with Crippen LogP contribution in [0.5, 0.6) is 17.2 Å². The number of methoxy groups -OCH3 is 1. The molecule has 0 saturated carbocycles. The van der Waals surface area contributed by atoms with Gasteiger partial charge in [0.1, 0.15) is 23.1 Å². The Bertz CT molecular complexity index is 670. The van der Waals surface area contributed by atoms with Crippen molar-refractivity contribution in [1.82, 2.24) is 0 Å². The van der Waals surface area contributed by atoms with Crippen LogP contribution in [0.1, 0.15) is 31.9 Å². The highest BCUT2D eigenvalue weighted by atomic mass is 16.5. The zero-order valence-electron chi connectivity index (χ0n) is 13.4. The summed E-state index contributed by atoms with van der Waals surface area (Å²) in [5, 5.41) is 7.41. The van der Waals surface area contributed by atoms with Crippen LogP contribution < -0.4 is 15.2 Å². The van der Waals surface area contributed by atoms with E-state index in [0.717, 1.165) is 17.1 Å². The lowest BCUT2D eigenvalue weighted by molar-refractivity contribution is 0.407. The molecule has 0 aliphatic rings. The van der Waals surface area contributed by atoms with E-state index in [0.29, 0.717) is 11.3 Å². The molecule has 0 heterocycles. The van der Waals surface area contributed by atoms with Crippen LogP contribution in [0.3, 0.4) is 0 Å². The number of nitrogens with two attached hydrogens (primary N) is 1. The van der Waals surface area contributed by atoms with Gasteiger partial charge in [0.25, 0.3) is 0 Å². The second-order valence-corrected chi connectivity index (χ2v) is 6.15. The number of nitrogen functional groups attached to an aromatic ring is 1. The van der Waals surface area contributed by atoms with Gasteiger partial charge in [-0.3, -0.25) is 5.41 Å². The fraction of sp³-hybridized carbons (Fsp3) is 0.278. The van der Waals surface area contributed by atoms with Gasteiger partial charge in [0.2, 0.25) is 0 Å². The van der Waals surface area contributed by atoms with Crippen LogP contribution >= 0.6 is 0 Å². The molecule has 2 aromatic carbocycles. The van der Waals surface area contributed by atoms with Crippen LogP contribution in [0.4, 0.5) is 0 Å². The van der Waals surface area contributed by atoms with Gasteiger partial charge < -0.3 is 15.2 Å². The van der Waals surface area contributed by atoms with Crippen molar-refractivity contribution in [2.75, 3.05) is 7.11 Å². The molecule has 0 aliphatic heterocycles. The largest absolute Gasteiger partial charge is 0.497 e. The van der Waals surface area contributed by atoms with Crippen LogP contribution in [0.2, 0.25) is 0 Å². The SMILES string of the molecule is COc1ccc(Oc2ccc(C(=N)N)cc2)c(C(C)(C)C)c1. The summed E-state index contributed by atoms with van der Waals surface area (Å²) in [6, 6.07) is 13.0. The third-order valence-electron chi connectivity index (χ3n) is 3.39. The molecule has 4 nitrogen and oxygen atoms in total. The Labute approximate surface area is 131 Å². The third kappa shape index (κ3) is 3.58. The molecule has 0 radical (unpaired) electrons. The van der Waals surface area contributed by atoms with Gasteiger partial charge in [-0.1, -0.05) is 20.8 Å². The summed E-state index contributed by atoms with van der Waals surface area (Å²) in [5.74, 6) is 2.36. The molecule has 0 aromatic heterocycles. The summed E-state index contributed by atoms with van der Waals surface area (Å²) >= 11 is 0. The van der Waals surface area contributed by atoms with E-state index in [9.17, 15) is 0 Å². The molecule has 116 valence electrons. The van der Waals surface area contributed by atoms with Crippen LogP contribution in [0.25, 0.3) is 0 Å². The summed E-state index contributed by atoms with van der Waals surface area (Å²) in [7, 11) is 1.66. The quantitative estimate of drug-likeness (QED) is 0.660. The summed E-state index contributed by atoms with van der Waals surface area (Å²) in [5.41, 5.74) is 7.14. The third-order valence-corrected chi connectivity index (χ3v) is 3.39. The van der Waals surface area contributed by atoms with Crippen molar-refractivity contribution in [3.8, 4) is 17.2 Å². The van der Waals surface area contributed by atoms with Crippen LogP contribution in [0.15, 0.2) is 42.5 Å². The van der Waals surface area contributed by atoms with Crippen molar-refractivity contribution >= 4 is 5.84 Å². The number of hydrogen-bond acceptors (Lipinski definition) is 3. The maximum atomic E-state index is 7.41. The Morgan fingerprint density at radius 1 is 1.00 bits per heavy atom. The maximum absolute atomic E-state index is 7.41. The topological polar surface area (TPSA) is 68.3 Å². The average Bonchev–Trinajstić information content (AvgIpc) is 2.47. The highest BCUT2D eigenvalue weighted by Crippen LogP contribution is 2.36. The van der Waals surface area contributed by atoms with Gasteiger partial charge >= 0.3 is 0 Å². The molecular weight excluding hydrogens is 276 g/mol. The minimum atomic E-state index is -0.0663. The van der Waals surface area contributed by atoms with E-state index in [1.54, 1.807) is 19.2 Å². The summed E-state index contributed by atoms with van der Waals surface area (Å²) < 4.78 is 11.3. The Kier molecular flexibility index (Phi) is 4.40. The van der Waals surface area contributed by atoms with E-state index in [4.69, 9.17) is 20.6 Å². The highest BCUT2D eigenvalue weighted by molar-refractivity contribution is 5.94. The molecule has 3 N–H and O–H groups in total. The van der Waals surface area contributed by atoms with Crippen molar-refractivity contribution in [2.45, 2.75) is 26.2 Å². The predicted molar refractivity (Wildman–Crippen MR) is 89.2 cm³/mol. The molecule has 0 saturated heterocycles. The van der Waals surface area contributed by atoms with Crippen LogP contribution in [0, 0.1) is 5.41 Å². The Morgan fingerprint density at radius 2 is 1.59 bits per heavy atom. The number of nitrogens with one attached hydrogen (secondary N) is 1. The van der Waals surface area contributed by atoms with Crippen LogP contribution in [-0.4, -0.2) is 12.9 Å². The molecule has 2 aromatic rings. The normalized spacial score (nSPS) is 11.1. The first kappa shape index (κ1) is 15.9. The van der Waals surface area contributed by atoms with Gasteiger partial charge in [0, 0.05) is 11.1 Å². The smallest absolute Gasteiger partial charge is 0.131 e. The van der Waals surface area contributed by atoms with Crippen molar-refractivity contribution in [3.05, 3.63) is 53.6 Å². The monoisotopic (exact) mass is 298 g/mol. The number of hydrogen-bond donors (Lipinski definition) is 2. The van der Waals surface area contributed by atoms with Gasteiger partial charge in [-0.05, 0) is 47.9 Å². The van der Waals surface area contributed by atoms with E-state index in [-0.39, 0.29) is 11.3 Å². The summed E-state index contributed by atoms with van der Waals surface area (Å²) in [6.45, 7) is 6.40.